The molecule has 0 unspecified atom stereocenters. The van der Waals surface area contributed by atoms with Crippen molar-refractivity contribution < 1.29 is 9.59 Å². The Bertz CT molecular complexity index is 1100. The van der Waals surface area contributed by atoms with Gasteiger partial charge in [-0.2, -0.15) is 4.80 Å². The minimum Gasteiger partial charge on any atom is -0.298 e. The molecule has 0 fully saturated rings. The molecule has 2 amide bonds. The predicted octanol–water partition coefficient (Wildman–Crippen LogP) is 2.44. The van der Waals surface area contributed by atoms with Gasteiger partial charge in [-0.15, -0.1) is 21.5 Å². The van der Waals surface area contributed by atoms with E-state index in [9.17, 15) is 9.59 Å². The van der Waals surface area contributed by atoms with Crippen molar-refractivity contribution in [2.45, 2.75) is 6.54 Å². The minimum atomic E-state index is -0.512. The smallest absolute Gasteiger partial charge is 0.262 e. The Balaban J connectivity index is 1.47. The molecule has 0 saturated carbocycles. The zero-order valence-electron chi connectivity index (χ0n) is 15.0. The number of hydrazine groups is 1. The van der Waals surface area contributed by atoms with E-state index in [4.69, 9.17) is 35.4 Å². The molecule has 0 aliphatic rings. The number of rotatable bonds is 5. The van der Waals surface area contributed by atoms with Crippen molar-refractivity contribution in [2.75, 3.05) is 0 Å². The number of halogens is 2. The lowest BCUT2D eigenvalue weighted by Gasteiger charge is -2.09. The minimum absolute atomic E-state index is 0.0675. The van der Waals surface area contributed by atoms with Gasteiger partial charge in [0, 0.05) is 16.5 Å². The van der Waals surface area contributed by atoms with E-state index in [1.54, 1.807) is 24.3 Å². The number of hydrogen-bond donors (Lipinski definition) is 3. The highest BCUT2D eigenvalue weighted by atomic mass is 35.5. The Morgan fingerprint density at radius 2 is 2.03 bits per heavy atom. The van der Waals surface area contributed by atoms with E-state index in [1.165, 1.54) is 17.4 Å². The summed E-state index contributed by atoms with van der Waals surface area (Å²) in [5.74, 6) is -0.721. The number of hydrogen-bond acceptors (Lipinski definition) is 7. The maximum absolute atomic E-state index is 12.0. The zero-order valence-corrected chi connectivity index (χ0v) is 18.1. The van der Waals surface area contributed by atoms with Gasteiger partial charge in [0.15, 0.2) is 5.11 Å². The van der Waals surface area contributed by atoms with E-state index in [0.717, 1.165) is 9.67 Å². The molecule has 13 heteroatoms. The van der Waals surface area contributed by atoms with Crippen LogP contribution < -0.4 is 16.2 Å². The van der Waals surface area contributed by atoms with Gasteiger partial charge >= 0.3 is 0 Å². The lowest BCUT2D eigenvalue weighted by Crippen LogP contribution is -2.49. The van der Waals surface area contributed by atoms with Crippen LogP contribution in [0.3, 0.4) is 0 Å². The average molecular weight is 482 g/mol. The van der Waals surface area contributed by atoms with Crippen LogP contribution in [0, 0.1) is 0 Å². The van der Waals surface area contributed by atoms with Crippen LogP contribution in [-0.2, 0) is 16.1 Å². The second kappa shape index (κ2) is 10.3. The molecule has 0 atom stereocenters. The molecule has 0 radical (unpaired) electrons. The number of benzene rings is 1. The van der Waals surface area contributed by atoms with Crippen molar-refractivity contribution in [1.82, 2.24) is 36.4 Å². The molecule has 1 aromatic carbocycles. The van der Waals surface area contributed by atoms with E-state index in [1.807, 2.05) is 17.5 Å². The van der Waals surface area contributed by atoms with Crippen LogP contribution in [0.25, 0.3) is 17.5 Å². The number of nitrogens with one attached hydrogen (secondary N) is 3. The Hall–Kier alpha value is -2.86. The summed E-state index contributed by atoms with van der Waals surface area (Å²) in [5, 5.41) is 16.6. The van der Waals surface area contributed by atoms with Crippen LogP contribution >= 0.6 is 46.8 Å². The largest absolute Gasteiger partial charge is 0.298 e. The molecule has 2 aromatic heterocycles. The molecule has 154 valence electrons. The predicted molar refractivity (Wildman–Crippen MR) is 119 cm³/mol. The summed E-state index contributed by atoms with van der Waals surface area (Å²) in [4.78, 5) is 25.8. The number of nitrogens with zero attached hydrogens (tertiary/aromatic N) is 4. The maximum Gasteiger partial charge on any atom is 0.262 e. The van der Waals surface area contributed by atoms with Crippen molar-refractivity contribution in [3.8, 4) is 11.4 Å². The molecule has 2 heterocycles. The molecule has 9 nitrogen and oxygen atoms in total. The van der Waals surface area contributed by atoms with Gasteiger partial charge in [-0.05, 0) is 47.1 Å². The number of aromatic nitrogens is 4. The Kier molecular flexibility index (Phi) is 7.46. The highest BCUT2D eigenvalue weighted by molar-refractivity contribution is 7.80. The van der Waals surface area contributed by atoms with Gasteiger partial charge in [0.05, 0.1) is 10.0 Å². The van der Waals surface area contributed by atoms with Crippen molar-refractivity contribution in [3.63, 3.8) is 0 Å². The fourth-order valence-electron chi connectivity index (χ4n) is 2.12. The fourth-order valence-corrected chi connectivity index (χ4v) is 3.27. The molecule has 3 N–H and O–H groups in total. The monoisotopic (exact) mass is 481 g/mol. The van der Waals surface area contributed by atoms with Gasteiger partial charge in [-0.3, -0.25) is 25.8 Å². The van der Waals surface area contributed by atoms with Crippen molar-refractivity contribution >= 4 is 69.8 Å². The number of thiophene rings is 1. The zero-order chi connectivity index (χ0) is 21.5. The number of thiocarbonyl (C=S) groups is 1. The maximum atomic E-state index is 12.0. The van der Waals surface area contributed by atoms with Crippen LogP contribution in [0.5, 0.6) is 0 Å². The van der Waals surface area contributed by atoms with Gasteiger partial charge in [0.2, 0.25) is 11.7 Å². The number of amides is 2. The third-order valence-corrected chi connectivity index (χ3v) is 5.29. The van der Waals surface area contributed by atoms with Crippen molar-refractivity contribution in [3.05, 3.63) is 56.7 Å². The Labute approximate surface area is 190 Å². The molecular weight excluding hydrogens is 469 g/mol. The normalized spacial score (nSPS) is 10.7. The van der Waals surface area contributed by atoms with Crippen LogP contribution in [0.2, 0.25) is 10.0 Å². The first-order valence-electron chi connectivity index (χ1n) is 8.26. The Morgan fingerprint density at radius 3 is 2.80 bits per heavy atom. The molecule has 0 aliphatic heterocycles. The standard InChI is InChI=1S/C17H13Cl2N7O2S2/c18-12-5-1-4-11(15(12)19)16-22-25-26(24-16)9-14(28)21-23-17(29)20-13(27)7-6-10-3-2-8-30-10/h1-8H,9H2,(H,21,28)(H2,20,23,27,29)/b7-6+. The van der Waals surface area contributed by atoms with Crippen molar-refractivity contribution in [2.24, 2.45) is 0 Å². The summed E-state index contributed by atoms with van der Waals surface area (Å²) in [6.45, 7) is -0.243. The molecule has 0 spiro atoms. The van der Waals surface area contributed by atoms with E-state index in [0.29, 0.717) is 15.6 Å². The van der Waals surface area contributed by atoms with Gasteiger partial charge in [0.1, 0.15) is 6.54 Å². The summed E-state index contributed by atoms with van der Waals surface area (Å²) >= 11 is 18.6. The van der Waals surface area contributed by atoms with Gasteiger partial charge in [-0.25, -0.2) is 0 Å². The summed E-state index contributed by atoms with van der Waals surface area (Å²) < 4.78 is 0. The number of carbonyl (C=O) groups is 2. The fraction of sp³-hybridized carbons (Fsp3) is 0.0588. The second-order valence-electron chi connectivity index (χ2n) is 5.59. The lowest BCUT2D eigenvalue weighted by atomic mass is 10.2. The first-order valence-corrected chi connectivity index (χ1v) is 10.3. The van der Waals surface area contributed by atoms with Crippen LogP contribution in [0.15, 0.2) is 41.8 Å². The average Bonchev–Trinajstić information content (AvgIpc) is 3.39. The van der Waals surface area contributed by atoms with E-state index >= 15 is 0 Å². The molecule has 3 rings (SSSR count). The summed E-state index contributed by atoms with van der Waals surface area (Å²) in [6.07, 6.45) is 2.99. The van der Waals surface area contributed by atoms with Gasteiger partial charge < -0.3 is 0 Å². The molecule has 30 heavy (non-hydrogen) atoms. The highest BCUT2D eigenvalue weighted by Gasteiger charge is 2.13. The number of carbonyl (C=O) groups excluding carboxylic acids is 2. The third-order valence-electron chi connectivity index (χ3n) is 3.42. The van der Waals surface area contributed by atoms with E-state index < -0.39 is 11.8 Å². The van der Waals surface area contributed by atoms with E-state index in [2.05, 4.69) is 31.6 Å². The highest BCUT2D eigenvalue weighted by Crippen LogP contribution is 2.31. The SMILES string of the molecule is O=C(/C=C/c1cccs1)NC(=S)NNC(=O)Cn1nnc(-c2cccc(Cl)c2Cl)n1. The summed E-state index contributed by atoms with van der Waals surface area (Å²) in [7, 11) is 0. The van der Waals surface area contributed by atoms with Gasteiger partial charge in [0.25, 0.3) is 5.91 Å². The van der Waals surface area contributed by atoms with Gasteiger partial charge in [-0.1, -0.05) is 35.3 Å². The quantitative estimate of drug-likeness (QED) is 0.291. The lowest BCUT2D eigenvalue weighted by molar-refractivity contribution is -0.122. The summed E-state index contributed by atoms with van der Waals surface area (Å²) in [5.41, 5.74) is 5.25. The first kappa shape index (κ1) is 21.8. The Morgan fingerprint density at radius 1 is 1.20 bits per heavy atom. The first-order chi connectivity index (χ1) is 14.4. The van der Waals surface area contributed by atoms with Crippen LogP contribution in [-0.4, -0.2) is 37.1 Å². The molecule has 0 saturated heterocycles. The van der Waals surface area contributed by atoms with E-state index in [-0.39, 0.29) is 17.5 Å². The number of tetrazole rings is 1. The second-order valence-corrected chi connectivity index (χ2v) is 7.76. The van der Waals surface area contributed by atoms with Crippen LogP contribution in [0.4, 0.5) is 0 Å². The molecule has 3 aromatic rings. The summed E-state index contributed by atoms with van der Waals surface area (Å²) in [6, 6.07) is 8.77. The third kappa shape index (κ3) is 6.07. The molecular formula is C17H13Cl2N7O2S2. The topological polar surface area (TPSA) is 114 Å². The van der Waals surface area contributed by atoms with Crippen LogP contribution in [0.1, 0.15) is 4.88 Å². The molecule has 0 bridgehead atoms. The molecule has 0 aliphatic carbocycles. The van der Waals surface area contributed by atoms with Crippen molar-refractivity contribution in [1.29, 1.82) is 0 Å².